The van der Waals surface area contributed by atoms with E-state index < -0.39 is 0 Å². The second-order valence-electron chi connectivity index (χ2n) is 4.64. The molecule has 1 heterocycles. The summed E-state index contributed by atoms with van der Waals surface area (Å²) in [5.74, 6) is 1.25. The smallest absolute Gasteiger partial charge is 0.309 e. The van der Waals surface area contributed by atoms with E-state index in [1.165, 1.54) is 7.11 Å². The normalized spacial score (nSPS) is 12.0. The van der Waals surface area contributed by atoms with Crippen LogP contribution in [0, 0.1) is 0 Å². The first-order valence-corrected chi connectivity index (χ1v) is 6.57. The van der Waals surface area contributed by atoms with Crippen LogP contribution in [0.15, 0.2) is 42.5 Å². The van der Waals surface area contributed by atoms with Crippen LogP contribution in [0.4, 0.5) is 11.4 Å². The molecule has 2 aromatic carbocycles. The second-order valence-corrected chi connectivity index (χ2v) is 4.64. The molecule has 0 unspecified atom stereocenters. The highest BCUT2D eigenvalue weighted by Crippen LogP contribution is 2.35. The summed E-state index contributed by atoms with van der Waals surface area (Å²) in [4.78, 5) is 11.2. The largest absolute Gasteiger partial charge is 0.469 e. The molecule has 0 fully saturated rings. The summed E-state index contributed by atoms with van der Waals surface area (Å²) in [6, 6.07) is 13.3. The van der Waals surface area contributed by atoms with Gasteiger partial charge in [0.25, 0.3) is 0 Å². The Bertz CT molecular complexity index is 652. The van der Waals surface area contributed by atoms with Crippen molar-refractivity contribution in [3.63, 3.8) is 0 Å². The van der Waals surface area contributed by atoms with Crippen molar-refractivity contribution >= 4 is 17.3 Å². The van der Waals surface area contributed by atoms with Gasteiger partial charge in [-0.1, -0.05) is 12.1 Å². The minimum absolute atomic E-state index is 0.244. The lowest BCUT2D eigenvalue weighted by Crippen LogP contribution is -2.04. The Balaban J connectivity index is 1.69. The molecule has 3 rings (SSSR count). The number of carbonyl (C=O) groups is 1. The first-order valence-electron chi connectivity index (χ1n) is 6.57. The minimum Gasteiger partial charge on any atom is -0.469 e. The zero-order chi connectivity index (χ0) is 14.7. The third-order valence-electron chi connectivity index (χ3n) is 3.19. The van der Waals surface area contributed by atoms with Crippen LogP contribution >= 0.6 is 0 Å². The molecule has 108 valence electrons. The second kappa shape index (κ2) is 5.75. The molecule has 21 heavy (non-hydrogen) atoms. The van der Waals surface area contributed by atoms with Crippen molar-refractivity contribution in [3.8, 4) is 11.5 Å². The fourth-order valence-corrected chi connectivity index (χ4v) is 2.09. The number of anilines is 2. The van der Waals surface area contributed by atoms with E-state index in [1.807, 2.05) is 42.5 Å². The molecule has 0 amide bonds. The van der Waals surface area contributed by atoms with Crippen LogP contribution in [0.5, 0.6) is 11.5 Å². The summed E-state index contributed by atoms with van der Waals surface area (Å²) in [7, 11) is 1.39. The minimum atomic E-state index is -0.244. The number of esters is 1. The van der Waals surface area contributed by atoms with Crippen LogP contribution in [-0.4, -0.2) is 19.9 Å². The van der Waals surface area contributed by atoms with Crippen LogP contribution < -0.4 is 14.8 Å². The van der Waals surface area contributed by atoms with E-state index >= 15 is 0 Å². The Morgan fingerprint density at radius 3 is 2.57 bits per heavy atom. The van der Waals surface area contributed by atoms with Gasteiger partial charge in [-0.05, 0) is 29.8 Å². The van der Waals surface area contributed by atoms with Gasteiger partial charge in [-0.3, -0.25) is 4.79 Å². The van der Waals surface area contributed by atoms with E-state index in [0.29, 0.717) is 0 Å². The third kappa shape index (κ3) is 3.08. The lowest BCUT2D eigenvalue weighted by atomic mass is 10.1. The molecule has 1 aliphatic heterocycles. The van der Waals surface area contributed by atoms with Crippen molar-refractivity contribution in [2.75, 3.05) is 19.2 Å². The van der Waals surface area contributed by atoms with E-state index in [1.54, 1.807) is 0 Å². The number of fused-ring (bicyclic) bond motifs is 1. The van der Waals surface area contributed by atoms with Crippen molar-refractivity contribution < 1.29 is 19.0 Å². The Hall–Kier alpha value is -2.69. The number of benzene rings is 2. The third-order valence-corrected chi connectivity index (χ3v) is 3.19. The zero-order valence-electron chi connectivity index (χ0n) is 11.6. The topological polar surface area (TPSA) is 56.8 Å². The monoisotopic (exact) mass is 285 g/mol. The van der Waals surface area contributed by atoms with Crippen LogP contribution in [0.25, 0.3) is 0 Å². The fourth-order valence-electron chi connectivity index (χ4n) is 2.09. The van der Waals surface area contributed by atoms with Crippen LogP contribution in [-0.2, 0) is 16.0 Å². The summed E-state index contributed by atoms with van der Waals surface area (Å²) >= 11 is 0. The predicted octanol–water partition coefficient (Wildman–Crippen LogP) is 2.87. The molecule has 0 spiro atoms. The number of methoxy groups -OCH3 is 1. The molecule has 0 aromatic heterocycles. The van der Waals surface area contributed by atoms with Gasteiger partial charge in [0, 0.05) is 17.4 Å². The van der Waals surface area contributed by atoms with E-state index in [4.69, 9.17) is 9.47 Å². The first-order chi connectivity index (χ1) is 10.2. The Morgan fingerprint density at radius 1 is 1.10 bits per heavy atom. The van der Waals surface area contributed by atoms with Gasteiger partial charge in [-0.25, -0.2) is 0 Å². The average Bonchev–Trinajstić information content (AvgIpc) is 2.96. The molecular formula is C16H15NO4. The van der Waals surface area contributed by atoms with E-state index in [-0.39, 0.29) is 19.2 Å². The van der Waals surface area contributed by atoms with Crippen molar-refractivity contribution in [2.45, 2.75) is 6.42 Å². The van der Waals surface area contributed by atoms with E-state index in [9.17, 15) is 4.79 Å². The molecule has 0 aliphatic carbocycles. The van der Waals surface area contributed by atoms with Gasteiger partial charge in [0.05, 0.1) is 13.5 Å². The van der Waals surface area contributed by atoms with Crippen molar-refractivity contribution in [2.24, 2.45) is 0 Å². The SMILES string of the molecule is COC(=O)Cc1ccc(Nc2ccc3c(c2)OCO3)cc1. The van der Waals surface area contributed by atoms with Crippen molar-refractivity contribution in [1.29, 1.82) is 0 Å². The molecule has 2 aromatic rings. The molecular weight excluding hydrogens is 270 g/mol. The Kier molecular flexibility index (Phi) is 3.64. The summed E-state index contributed by atoms with van der Waals surface area (Å²) in [5.41, 5.74) is 2.76. The predicted molar refractivity (Wildman–Crippen MR) is 78.0 cm³/mol. The highest BCUT2D eigenvalue weighted by atomic mass is 16.7. The fraction of sp³-hybridized carbons (Fsp3) is 0.188. The molecule has 0 atom stereocenters. The summed E-state index contributed by atoms with van der Waals surface area (Å²) in [5, 5.41) is 3.28. The summed E-state index contributed by atoms with van der Waals surface area (Å²) < 4.78 is 15.3. The molecule has 0 bridgehead atoms. The maximum Gasteiger partial charge on any atom is 0.309 e. The number of carbonyl (C=O) groups excluding carboxylic acids is 1. The van der Waals surface area contributed by atoms with Crippen LogP contribution in [0.1, 0.15) is 5.56 Å². The summed E-state index contributed by atoms with van der Waals surface area (Å²) in [6.45, 7) is 0.265. The first kappa shape index (κ1) is 13.3. The molecule has 0 saturated heterocycles. The Morgan fingerprint density at radius 2 is 1.81 bits per heavy atom. The van der Waals surface area contributed by atoms with Gasteiger partial charge in [-0.2, -0.15) is 0 Å². The number of ether oxygens (including phenoxy) is 3. The van der Waals surface area contributed by atoms with E-state index in [0.717, 1.165) is 28.4 Å². The van der Waals surface area contributed by atoms with Gasteiger partial charge in [-0.15, -0.1) is 0 Å². The molecule has 5 heteroatoms. The molecule has 0 saturated carbocycles. The lowest BCUT2D eigenvalue weighted by molar-refractivity contribution is -0.139. The van der Waals surface area contributed by atoms with Gasteiger partial charge in [0.2, 0.25) is 6.79 Å². The van der Waals surface area contributed by atoms with Gasteiger partial charge < -0.3 is 19.5 Å². The molecule has 1 N–H and O–H groups in total. The number of nitrogens with one attached hydrogen (secondary N) is 1. The maximum atomic E-state index is 11.2. The highest BCUT2D eigenvalue weighted by molar-refractivity contribution is 5.73. The van der Waals surface area contributed by atoms with Crippen LogP contribution in [0.3, 0.4) is 0 Å². The zero-order valence-corrected chi connectivity index (χ0v) is 11.6. The maximum absolute atomic E-state index is 11.2. The highest BCUT2D eigenvalue weighted by Gasteiger charge is 2.13. The average molecular weight is 285 g/mol. The number of hydrogen-bond acceptors (Lipinski definition) is 5. The van der Waals surface area contributed by atoms with Gasteiger partial charge in [0.15, 0.2) is 11.5 Å². The summed E-state index contributed by atoms with van der Waals surface area (Å²) in [6.07, 6.45) is 0.279. The quantitative estimate of drug-likeness (QED) is 0.875. The number of hydrogen-bond donors (Lipinski definition) is 1. The molecule has 5 nitrogen and oxygen atoms in total. The Labute approximate surface area is 122 Å². The lowest BCUT2D eigenvalue weighted by Gasteiger charge is -2.08. The molecule has 0 radical (unpaired) electrons. The van der Waals surface area contributed by atoms with Crippen LogP contribution in [0.2, 0.25) is 0 Å². The van der Waals surface area contributed by atoms with Gasteiger partial charge in [0.1, 0.15) is 0 Å². The number of rotatable bonds is 4. The standard InChI is InChI=1S/C16H15NO4/c1-19-16(18)8-11-2-4-12(5-3-11)17-13-6-7-14-15(9-13)21-10-20-14/h2-7,9,17H,8,10H2,1H3. The molecule has 1 aliphatic rings. The van der Waals surface area contributed by atoms with Gasteiger partial charge >= 0.3 is 5.97 Å². The van der Waals surface area contributed by atoms with Crippen molar-refractivity contribution in [3.05, 3.63) is 48.0 Å². The van der Waals surface area contributed by atoms with Crippen molar-refractivity contribution in [1.82, 2.24) is 0 Å². The van der Waals surface area contributed by atoms with E-state index in [2.05, 4.69) is 10.1 Å².